The van der Waals surface area contributed by atoms with Crippen molar-refractivity contribution >= 4 is 11.9 Å². The number of ether oxygens (including phenoxy) is 3. The van der Waals surface area contributed by atoms with Crippen molar-refractivity contribution in [3.8, 4) is 0 Å². The molecular weight excluding hydrogens is 260 g/mol. The van der Waals surface area contributed by atoms with Crippen molar-refractivity contribution in [2.45, 2.75) is 32.5 Å². The van der Waals surface area contributed by atoms with Gasteiger partial charge < -0.3 is 14.2 Å². The SMILES string of the molecule is CC1C(=O)OC2CC3(C)C=COC=C4C(=O)OC(C21)C43. The molecule has 3 fully saturated rings. The number of hydrogen-bond donors (Lipinski definition) is 0. The minimum Gasteiger partial charge on any atom is -0.472 e. The van der Waals surface area contributed by atoms with E-state index >= 15 is 0 Å². The van der Waals surface area contributed by atoms with Gasteiger partial charge in [-0.2, -0.15) is 0 Å². The monoisotopic (exact) mass is 276 g/mol. The molecule has 3 aliphatic heterocycles. The number of allylic oxidation sites excluding steroid dienone is 1. The molecule has 3 heterocycles. The number of rotatable bonds is 0. The van der Waals surface area contributed by atoms with Gasteiger partial charge in [-0.3, -0.25) is 4.79 Å². The first kappa shape index (κ1) is 12.0. The predicted molar refractivity (Wildman–Crippen MR) is 66.9 cm³/mol. The molecule has 20 heavy (non-hydrogen) atoms. The second kappa shape index (κ2) is 3.65. The van der Waals surface area contributed by atoms with Crippen molar-refractivity contribution in [1.29, 1.82) is 0 Å². The third-order valence-corrected chi connectivity index (χ3v) is 5.24. The molecule has 2 saturated heterocycles. The largest absolute Gasteiger partial charge is 0.472 e. The van der Waals surface area contributed by atoms with Gasteiger partial charge in [0.1, 0.15) is 18.5 Å². The van der Waals surface area contributed by atoms with Crippen LogP contribution in [-0.2, 0) is 23.8 Å². The second-order valence-electron chi connectivity index (χ2n) is 6.41. The molecule has 6 unspecified atom stereocenters. The van der Waals surface area contributed by atoms with E-state index < -0.39 is 0 Å². The third-order valence-electron chi connectivity index (χ3n) is 5.24. The van der Waals surface area contributed by atoms with Crippen LogP contribution in [0.1, 0.15) is 20.3 Å². The fourth-order valence-electron chi connectivity index (χ4n) is 4.24. The summed E-state index contributed by atoms with van der Waals surface area (Å²) < 4.78 is 16.3. The summed E-state index contributed by atoms with van der Waals surface area (Å²) in [6, 6.07) is 0. The van der Waals surface area contributed by atoms with Crippen LogP contribution in [0.25, 0.3) is 0 Å². The zero-order valence-corrected chi connectivity index (χ0v) is 11.4. The number of hydrogen-bond acceptors (Lipinski definition) is 5. The lowest BCUT2D eigenvalue weighted by atomic mass is 9.59. The molecule has 106 valence electrons. The van der Waals surface area contributed by atoms with Gasteiger partial charge in [-0.1, -0.05) is 13.8 Å². The van der Waals surface area contributed by atoms with Crippen molar-refractivity contribution in [2.75, 3.05) is 0 Å². The van der Waals surface area contributed by atoms with Gasteiger partial charge >= 0.3 is 11.9 Å². The van der Waals surface area contributed by atoms with Gasteiger partial charge in [0.05, 0.1) is 17.8 Å². The molecule has 0 bridgehead atoms. The number of carbonyl (C=O) groups excluding carboxylic acids is 2. The van der Waals surface area contributed by atoms with E-state index in [1.54, 1.807) is 6.26 Å². The van der Waals surface area contributed by atoms with E-state index in [0.29, 0.717) is 12.0 Å². The Labute approximate surface area is 116 Å². The van der Waals surface area contributed by atoms with Gasteiger partial charge in [0.2, 0.25) is 0 Å². The average Bonchev–Trinajstić information content (AvgIpc) is 2.76. The Kier molecular flexibility index (Phi) is 2.19. The lowest BCUT2D eigenvalue weighted by Crippen LogP contribution is -2.49. The predicted octanol–water partition coefficient (Wildman–Crippen LogP) is 1.54. The smallest absolute Gasteiger partial charge is 0.337 e. The summed E-state index contributed by atoms with van der Waals surface area (Å²) in [6.07, 6.45) is 5.27. The number of fused-ring (bicyclic) bond motifs is 2. The van der Waals surface area contributed by atoms with Crippen LogP contribution in [-0.4, -0.2) is 24.1 Å². The standard InChI is InChI=1S/C15H16O5/c1-7-10-9(19-13(7)16)5-15(2)3-4-18-6-8-11(15)12(10)20-14(8)17/h3-4,6-7,9-12H,5H2,1-2H3. The van der Waals surface area contributed by atoms with E-state index in [0.717, 1.165) is 0 Å². The Morgan fingerprint density at radius 2 is 2.10 bits per heavy atom. The Bertz CT molecular complexity index is 563. The molecule has 5 heteroatoms. The molecular formula is C15H16O5. The molecule has 0 radical (unpaired) electrons. The minimum absolute atomic E-state index is 0.0538. The highest BCUT2D eigenvalue weighted by atomic mass is 16.6. The summed E-state index contributed by atoms with van der Waals surface area (Å²) in [6.45, 7) is 3.92. The maximum absolute atomic E-state index is 12.1. The molecule has 5 nitrogen and oxygen atoms in total. The van der Waals surface area contributed by atoms with Crippen LogP contribution in [0.2, 0.25) is 0 Å². The van der Waals surface area contributed by atoms with Gasteiger partial charge in [-0.05, 0) is 12.5 Å². The quantitative estimate of drug-likeness (QED) is 0.628. The van der Waals surface area contributed by atoms with Crippen molar-refractivity contribution < 1.29 is 23.8 Å². The first-order valence-electron chi connectivity index (χ1n) is 6.96. The summed E-state index contributed by atoms with van der Waals surface area (Å²) in [5.41, 5.74) is 0.289. The summed E-state index contributed by atoms with van der Waals surface area (Å²) in [5, 5.41) is 0. The van der Waals surface area contributed by atoms with E-state index in [1.807, 2.05) is 13.0 Å². The Morgan fingerprint density at radius 3 is 2.90 bits per heavy atom. The van der Waals surface area contributed by atoms with Crippen LogP contribution in [0.4, 0.5) is 0 Å². The summed E-state index contributed by atoms with van der Waals surface area (Å²) in [5.74, 6) is -0.861. The summed E-state index contributed by atoms with van der Waals surface area (Å²) in [7, 11) is 0. The highest BCUT2D eigenvalue weighted by Gasteiger charge is 2.63. The molecule has 1 aliphatic carbocycles. The van der Waals surface area contributed by atoms with E-state index in [4.69, 9.17) is 14.2 Å². The average molecular weight is 276 g/mol. The molecule has 0 amide bonds. The van der Waals surface area contributed by atoms with Crippen molar-refractivity contribution in [3.05, 3.63) is 24.2 Å². The third kappa shape index (κ3) is 1.33. The Morgan fingerprint density at radius 1 is 1.30 bits per heavy atom. The van der Waals surface area contributed by atoms with Gasteiger partial charge in [0, 0.05) is 17.3 Å². The summed E-state index contributed by atoms with van der Waals surface area (Å²) >= 11 is 0. The molecule has 0 aromatic carbocycles. The normalized spacial score (nSPS) is 48.5. The maximum Gasteiger partial charge on any atom is 0.337 e. The molecule has 0 N–H and O–H groups in total. The van der Waals surface area contributed by atoms with Gasteiger partial charge in [0.15, 0.2) is 0 Å². The second-order valence-corrected chi connectivity index (χ2v) is 6.41. The zero-order valence-electron chi connectivity index (χ0n) is 11.4. The van der Waals surface area contributed by atoms with E-state index in [9.17, 15) is 9.59 Å². The van der Waals surface area contributed by atoms with E-state index in [2.05, 4.69) is 6.92 Å². The zero-order chi connectivity index (χ0) is 14.1. The van der Waals surface area contributed by atoms with Crippen molar-refractivity contribution in [1.82, 2.24) is 0 Å². The van der Waals surface area contributed by atoms with Crippen LogP contribution < -0.4 is 0 Å². The fourth-order valence-corrected chi connectivity index (χ4v) is 4.24. The molecule has 0 spiro atoms. The molecule has 1 saturated carbocycles. The van der Waals surface area contributed by atoms with E-state index in [1.165, 1.54) is 6.26 Å². The van der Waals surface area contributed by atoms with Crippen LogP contribution in [0.5, 0.6) is 0 Å². The highest BCUT2D eigenvalue weighted by Crippen LogP contribution is 2.57. The molecule has 4 aliphatic rings. The lowest BCUT2D eigenvalue weighted by Gasteiger charge is -2.44. The van der Waals surface area contributed by atoms with E-state index in [-0.39, 0.29) is 47.3 Å². The van der Waals surface area contributed by atoms with Crippen LogP contribution in [0.15, 0.2) is 24.2 Å². The first-order chi connectivity index (χ1) is 9.51. The summed E-state index contributed by atoms with van der Waals surface area (Å²) in [4.78, 5) is 24.0. The molecule has 0 aromatic rings. The van der Waals surface area contributed by atoms with Crippen molar-refractivity contribution in [3.63, 3.8) is 0 Å². The number of esters is 2. The Hall–Kier alpha value is -1.78. The van der Waals surface area contributed by atoms with Crippen LogP contribution in [0, 0.1) is 23.2 Å². The van der Waals surface area contributed by atoms with Gasteiger partial charge in [-0.25, -0.2) is 4.79 Å². The van der Waals surface area contributed by atoms with Crippen LogP contribution in [0.3, 0.4) is 0 Å². The topological polar surface area (TPSA) is 61.8 Å². The Balaban J connectivity index is 1.84. The van der Waals surface area contributed by atoms with Crippen molar-refractivity contribution in [2.24, 2.45) is 23.2 Å². The highest BCUT2D eigenvalue weighted by molar-refractivity contribution is 5.92. The molecule has 6 atom stereocenters. The molecule has 4 rings (SSSR count). The number of carbonyl (C=O) groups is 2. The van der Waals surface area contributed by atoms with Gasteiger partial charge in [0.25, 0.3) is 0 Å². The first-order valence-corrected chi connectivity index (χ1v) is 6.96. The molecule has 0 aromatic heterocycles. The maximum atomic E-state index is 12.1. The fraction of sp³-hybridized carbons (Fsp3) is 0.600. The minimum atomic E-state index is -0.331. The van der Waals surface area contributed by atoms with Gasteiger partial charge in [-0.15, -0.1) is 0 Å². The van der Waals surface area contributed by atoms with Crippen LogP contribution >= 0.6 is 0 Å². The lowest BCUT2D eigenvalue weighted by molar-refractivity contribution is -0.148.